The summed E-state index contributed by atoms with van der Waals surface area (Å²) in [6.45, 7) is 3.71. The summed E-state index contributed by atoms with van der Waals surface area (Å²) in [5.74, 6) is -0.325. The number of benzene rings is 2. The van der Waals surface area contributed by atoms with E-state index in [2.05, 4.69) is 4.90 Å². The number of nitrogens with zero attached hydrogens (tertiary/aromatic N) is 2. The summed E-state index contributed by atoms with van der Waals surface area (Å²) in [5.41, 5.74) is 4.14. The first-order chi connectivity index (χ1) is 13.3. The second-order valence-electron chi connectivity index (χ2n) is 6.58. The van der Waals surface area contributed by atoms with Crippen LogP contribution in [-0.2, 0) is 16.0 Å². The lowest BCUT2D eigenvalue weighted by molar-refractivity contribution is 0.0339. The molecule has 27 heavy (non-hydrogen) atoms. The van der Waals surface area contributed by atoms with E-state index in [9.17, 15) is 4.79 Å². The normalized spacial score (nSPS) is 15.0. The largest absolute Gasteiger partial charge is 0.465 e. The van der Waals surface area contributed by atoms with Crippen molar-refractivity contribution < 1.29 is 14.3 Å². The standard InChI is InChI=1S/C22H22N2O3/c1-26-22(25)20-17-9-5-6-10-19(17)23-21(16-7-3-2-4-8-16)18(20)15-24-11-13-27-14-12-24/h2-10H,11-15H2,1H3. The zero-order chi connectivity index (χ0) is 18.6. The van der Waals surface area contributed by atoms with Crippen molar-refractivity contribution in [2.75, 3.05) is 33.4 Å². The third-order valence-corrected chi connectivity index (χ3v) is 4.92. The third-order valence-electron chi connectivity index (χ3n) is 4.92. The van der Waals surface area contributed by atoms with Crippen molar-refractivity contribution in [3.63, 3.8) is 0 Å². The molecule has 2 heterocycles. The molecule has 5 heteroatoms. The monoisotopic (exact) mass is 362 g/mol. The first kappa shape index (κ1) is 17.6. The van der Waals surface area contributed by atoms with Crippen molar-refractivity contribution >= 4 is 16.9 Å². The molecule has 0 atom stereocenters. The Morgan fingerprint density at radius 3 is 2.52 bits per heavy atom. The molecule has 1 aromatic heterocycles. The minimum Gasteiger partial charge on any atom is -0.465 e. The van der Waals surface area contributed by atoms with Crippen LogP contribution in [0.1, 0.15) is 15.9 Å². The second-order valence-corrected chi connectivity index (χ2v) is 6.58. The van der Waals surface area contributed by atoms with Gasteiger partial charge in [-0.3, -0.25) is 4.90 Å². The quantitative estimate of drug-likeness (QED) is 0.665. The molecule has 0 radical (unpaired) electrons. The Hall–Kier alpha value is -2.76. The van der Waals surface area contributed by atoms with Crippen molar-refractivity contribution in [1.29, 1.82) is 0 Å². The molecule has 138 valence electrons. The van der Waals surface area contributed by atoms with Gasteiger partial charge in [0.2, 0.25) is 0 Å². The number of pyridine rings is 1. The van der Waals surface area contributed by atoms with Crippen LogP contribution in [0.5, 0.6) is 0 Å². The Morgan fingerprint density at radius 1 is 1.07 bits per heavy atom. The Labute approximate surface area is 158 Å². The highest BCUT2D eigenvalue weighted by atomic mass is 16.5. The summed E-state index contributed by atoms with van der Waals surface area (Å²) in [7, 11) is 1.43. The molecule has 0 bridgehead atoms. The van der Waals surface area contributed by atoms with Crippen LogP contribution in [0.2, 0.25) is 0 Å². The molecular weight excluding hydrogens is 340 g/mol. The molecule has 1 aliphatic rings. The maximum Gasteiger partial charge on any atom is 0.338 e. The van der Waals surface area contributed by atoms with Crippen LogP contribution in [0.15, 0.2) is 54.6 Å². The predicted octanol–water partition coefficient (Wildman–Crippen LogP) is 3.52. The van der Waals surface area contributed by atoms with Crippen LogP contribution < -0.4 is 0 Å². The third kappa shape index (κ3) is 3.56. The van der Waals surface area contributed by atoms with Gasteiger partial charge in [-0.1, -0.05) is 48.5 Å². The number of hydrogen-bond acceptors (Lipinski definition) is 5. The number of carbonyl (C=O) groups excluding carboxylic acids is 1. The van der Waals surface area contributed by atoms with Gasteiger partial charge in [0.1, 0.15) is 0 Å². The highest BCUT2D eigenvalue weighted by molar-refractivity contribution is 6.06. The van der Waals surface area contributed by atoms with Gasteiger partial charge in [-0.15, -0.1) is 0 Å². The molecule has 1 saturated heterocycles. The number of esters is 1. The molecule has 0 amide bonds. The summed E-state index contributed by atoms with van der Waals surface area (Å²) in [6, 6.07) is 17.8. The second kappa shape index (κ2) is 7.86. The molecule has 0 unspecified atom stereocenters. The molecule has 0 saturated carbocycles. The summed E-state index contributed by atoms with van der Waals surface area (Å²) in [4.78, 5) is 20.0. The van der Waals surface area contributed by atoms with Gasteiger partial charge >= 0.3 is 5.97 Å². The van der Waals surface area contributed by atoms with Crippen LogP contribution in [0.25, 0.3) is 22.2 Å². The fourth-order valence-electron chi connectivity index (χ4n) is 3.56. The average molecular weight is 362 g/mol. The van der Waals surface area contributed by atoms with E-state index in [-0.39, 0.29) is 5.97 Å². The number of morpholine rings is 1. The van der Waals surface area contributed by atoms with Crippen LogP contribution in [0, 0.1) is 0 Å². The van der Waals surface area contributed by atoms with Gasteiger partial charge < -0.3 is 9.47 Å². The number of methoxy groups -OCH3 is 1. The molecule has 0 aliphatic carbocycles. The molecule has 3 aromatic rings. The lowest BCUT2D eigenvalue weighted by Crippen LogP contribution is -2.36. The molecule has 1 fully saturated rings. The van der Waals surface area contributed by atoms with Gasteiger partial charge in [-0.2, -0.15) is 0 Å². The highest BCUT2D eigenvalue weighted by Gasteiger charge is 2.24. The predicted molar refractivity (Wildman–Crippen MR) is 105 cm³/mol. The van der Waals surface area contributed by atoms with Crippen molar-refractivity contribution in [1.82, 2.24) is 9.88 Å². The number of rotatable bonds is 4. The molecule has 2 aromatic carbocycles. The molecule has 0 N–H and O–H groups in total. The average Bonchev–Trinajstić information content (AvgIpc) is 2.74. The fraction of sp³-hybridized carbons (Fsp3) is 0.273. The molecular formula is C22H22N2O3. The van der Waals surface area contributed by atoms with Crippen LogP contribution in [0.4, 0.5) is 0 Å². The lowest BCUT2D eigenvalue weighted by Gasteiger charge is -2.28. The molecule has 1 aliphatic heterocycles. The fourth-order valence-corrected chi connectivity index (χ4v) is 3.56. The van der Waals surface area contributed by atoms with Crippen molar-refractivity contribution in [2.24, 2.45) is 0 Å². The minimum absolute atomic E-state index is 0.325. The Kier molecular flexibility index (Phi) is 5.14. The summed E-state index contributed by atoms with van der Waals surface area (Å²) in [6.07, 6.45) is 0. The number of carbonyl (C=O) groups is 1. The minimum atomic E-state index is -0.325. The van der Waals surface area contributed by atoms with Gasteiger partial charge in [0, 0.05) is 36.1 Å². The van der Waals surface area contributed by atoms with Crippen molar-refractivity contribution in [3.05, 3.63) is 65.7 Å². The van der Waals surface area contributed by atoms with Crippen LogP contribution in [0.3, 0.4) is 0 Å². The SMILES string of the molecule is COC(=O)c1c(CN2CCOCC2)c(-c2ccccc2)nc2ccccc12. The number of ether oxygens (including phenoxy) is 2. The Bertz CT molecular complexity index is 950. The first-order valence-electron chi connectivity index (χ1n) is 9.13. The topological polar surface area (TPSA) is 51.7 Å². The van der Waals surface area contributed by atoms with Crippen molar-refractivity contribution in [2.45, 2.75) is 6.54 Å². The zero-order valence-electron chi connectivity index (χ0n) is 15.4. The highest BCUT2D eigenvalue weighted by Crippen LogP contribution is 2.32. The number of aromatic nitrogens is 1. The van der Waals surface area contributed by atoms with E-state index < -0.39 is 0 Å². The smallest absolute Gasteiger partial charge is 0.338 e. The van der Waals surface area contributed by atoms with E-state index >= 15 is 0 Å². The number of hydrogen-bond donors (Lipinski definition) is 0. The van der Waals surface area contributed by atoms with Gasteiger partial charge in [-0.25, -0.2) is 9.78 Å². The van der Waals surface area contributed by atoms with E-state index in [0.29, 0.717) is 25.3 Å². The van der Waals surface area contributed by atoms with Gasteiger partial charge in [0.25, 0.3) is 0 Å². The van der Waals surface area contributed by atoms with E-state index in [0.717, 1.165) is 40.8 Å². The van der Waals surface area contributed by atoms with Crippen LogP contribution in [-0.4, -0.2) is 49.3 Å². The number of fused-ring (bicyclic) bond motifs is 1. The number of para-hydroxylation sites is 1. The summed E-state index contributed by atoms with van der Waals surface area (Å²) in [5, 5.41) is 0.826. The summed E-state index contributed by atoms with van der Waals surface area (Å²) < 4.78 is 10.6. The summed E-state index contributed by atoms with van der Waals surface area (Å²) >= 11 is 0. The maximum atomic E-state index is 12.8. The molecule has 5 nitrogen and oxygen atoms in total. The maximum absolute atomic E-state index is 12.8. The van der Waals surface area contributed by atoms with E-state index in [4.69, 9.17) is 14.5 Å². The Balaban J connectivity index is 1.95. The van der Waals surface area contributed by atoms with Gasteiger partial charge in [0.05, 0.1) is 37.1 Å². The van der Waals surface area contributed by atoms with Crippen LogP contribution >= 0.6 is 0 Å². The molecule has 4 rings (SSSR count). The van der Waals surface area contributed by atoms with E-state index in [1.165, 1.54) is 7.11 Å². The van der Waals surface area contributed by atoms with Gasteiger partial charge in [0.15, 0.2) is 0 Å². The zero-order valence-corrected chi connectivity index (χ0v) is 15.4. The van der Waals surface area contributed by atoms with Gasteiger partial charge in [-0.05, 0) is 6.07 Å². The van der Waals surface area contributed by atoms with E-state index in [1.807, 2.05) is 54.6 Å². The van der Waals surface area contributed by atoms with Crippen molar-refractivity contribution in [3.8, 4) is 11.3 Å². The lowest BCUT2D eigenvalue weighted by atomic mass is 9.96. The van der Waals surface area contributed by atoms with E-state index in [1.54, 1.807) is 0 Å². The Morgan fingerprint density at radius 2 is 1.78 bits per heavy atom. The first-order valence-corrected chi connectivity index (χ1v) is 9.13. The molecule has 0 spiro atoms.